The molecule has 0 spiro atoms. The van der Waals surface area contributed by atoms with Gasteiger partial charge in [-0.2, -0.15) is 5.26 Å². The molecule has 0 atom stereocenters. The fourth-order valence-electron chi connectivity index (χ4n) is 3.76. The van der Waals surface area contributed by atoms with E-state index >= 15 is 0 Å². The molecule has 4 aromatic rings. The van der Waals surface area contributed by atoms with Crippen LogP contribution in [0.5, 0.6) is 0 Å². The van der Waals surface area contributed by atoms with Gasteiger partial charge in [-0.3, -0.25) is 9.59 Å². The molecule has 9 nitrogen and oxygen atoms in total. The first kappa shape index (κ1) is 25.3. The van der Waals surface area contributed by atoms with E-state index in [2.05, 4.69) is 20.9 Å². The van der Waals surface area contributed by atoms with Crippen LogP contribution in [0.3, 0.4) is 0 Å². The molecule has 0 radical (unpaired) electrons. The number of nitrogens with zero attached hydrogens (tertiary/aromatic N) is 3. The van der Waals surface area contributed by atoms with E-state index in [0.717, 1.165) is 6.07 Å². The summed E-state index contributed by atoms with van der Waals surface area (Å²) in [6.07, 6.45) is 1.14. The van der Waals surface area contributed by atoms with Gasteiger partial charge in [0.1, 0.15) is 18.1 Å². The van der Waals surface area contributed by atoms with Crippen LogP contribution in [0.25, 0.3) is 22.0 Å². The van der Waals surface area contributed by atoms with Crippen LogP contribution in [0.1, 0.15) is 13.3 Å². The Balaban J connectivity index is 1.73. The molecule has 0 aliphatic rings. The molecule has 0 unspecified atom stereocenters. The van der Waals surface area contributed by atoms with Crippen molar-refractivity contribution in [1.29, 1.82) is 5.26 Å². The van der Waals surface area contributed by atoms with Gasteiger partial charge in [0.05, 0.1) is 22.3 Å². The summed E-state index contributed by atoms with van der Waals surface area (Å²) >= 11 is 6.33. The molecule has 2 aromatic heterocycles. The van der Waals surface area contributed by atoms with E-state index in [1.165, 1.54) is 22.9 Å². The van der Waals surface area contributed by atoms with Gasteiger partial charge >= 0.3 is 6.03 Å². The molecule has 2 aromatic carbocycles. The van der Waals surface area contributed by atoms with Gasteiger partial charge in [0.25, 0.3) is 5.56 Å². The number of nitrogens with one attached hydrogen (secondary N) is 3. The molecular formula is C26H20ClFN6O3. The Kier molecular flexibility index (Phi) is 7.46. The zero-order chi connectivity index (χ0) is 26.5. The average molecular weight is 519 g/mol. The number of hydrogen-bond acceptors (Lipinski definition) is 5. The number of anilines is 3. The number of hydrogen-bond donors (Lipinski definition) is 3. The number of aromatic nitrogens is 2. The number of carbonyl (C=O) groups is 2. The lowest BCUT2D eigenvalue weighted by atomic mass is 10.0. The number of amides is 3. The second-order valence-corrected chi connectivity index (χ2v) is 8.28. The van der Waals surface area contributed by atoms with Crippen LogP contribution < -0.4 is 21.5 Å². The van der Waals surface area contributed by atoms with Crippen LogP contribution in [0, 0.1) is 17.1 Å². The summed E-state index contributed by atoms with van der Waals surface area (Å²) < 4.78 is 16.1. The highest BCUT2D eigenvalue weighted by molar-refractivity contribution is 6.33. The molecule has 0 saturated carbocycles. The van der Waals surface area contributed by atoms with Crippen LogP contribution in [-0.4, -0.2) is 21.5 Å². The van der Waals surface area contributed by atoms with Crippen molar-refractivity contribution in [3.8, 4) is 17.2 Å². The van der Waals surface area contributed by atoms with Crippen molar-refractivity contribution in [3.05, 3.63) is 82.0 Å². The first-order chi connectivity index (χ1) is 17.8. The average Bonchev–Trinajstić information content (AvgIpc) is 2.86. The summed E-state index contributed by atoms with van der Waals surface area (Å²) in [5, 5.41) is 16.8. The largest absolute Gasteiger partial charge is 0.323 e. The van der Waals surface area contributed by atoms with Crippen molar-refractivity contribution in [2.45, 2.75) is 19.9 Å². The number of aryl methyl sites for hydroxylation is 1. The summed E-state index contributed by atoms with van der Waals surface area (Å²) in [5.74, 6) is -1.10. The van der Waals surface area contributed by atoms with Crippen LogP contribution in [0.2, 0.25) is 5.02 Å². The predicted molar refractivity (Wildman–Crippen MR) is 140 cm³/mol. The molecule has 0 saturated heterocycles. The normalized spacial score (nSPS) is 10.5. The predicted octanol–water partition coefficient (Wildman–Crippen LogP) is 5.37. The van der Waals surface area contributed by atoms with E-state index in [9.17, 15) is 18.8 Å². The van der Waals surface area contributed by atoms with Crippen molar-refractivity contribution in [2.24, 2.45) is 0 Å². The smallest absolute Gasteiger partial charge is 0.310 e. The Hall–Kier alpha value is -4.75. The molecule has 4 rings (SSSR count). The van der Waals surface area contributed by atoms with Crippen LogP contribution in [0.4, 0.5) is 26.4 Å². The summed E-state index contributed by atoms with van der Waals surface area (Å²) in [4.78, 5) is 41.8. The van der Waals surface area contributed by atoms with E-state index in [1.54, 1.807) is 49.4 Å². The van der Waals surface area contributed by atoms with Gasteiger partial charge in [0.2, 0.25) is 5.91 Å². The van der Waals surface area contributed by atoms with E-state index in [4.69, 9.17) is 16.9 Å². The molecule has 0 aliphatic carbocycles. The van der Waals surface area contributed by atoms with Gasteiger partial charge in [-0.1, -0.05) is 29.8 Å². The molecule has 3 amide bonds. The van der Waals surface area contributed by atoms with Crippen molar-refractivity contribution in [2.75, 3.05) is 16.0 Å². The Morgan fingerprint density at radius 1 is 1.08 bits per heavy atom. The third kappa shape index (κ3) is 5.58. The molecular weight excluding hydrogens is 499 g/mol. The van der Waals surface area contributed by atoms with E-state index < -0.39 is 23.3 Å². The Labute approximate surface area is 215 Å². The maximum Gasteiger partial charge on any atom is 0.323 e. The minimum absolute atomic E-state index is 0.0148. The maximum atomic E-state index is 14.7. The van der Waals surface area contributed by atoms with Crippen LogP contribution in [0.15, 0.2) is 65.6 Å². The van der Waals surface area contributed by atoms with E-state index in [0.29, 0.717) is 16.6 Å². The number of nitriles is 1. The Morgan fingerprint density at radius 2 is 1.84 bits per heavy atom. The second kappa shape index (κ2) is 10.9. The van der Waals surface area contributed by atoms with Crippen LogP contribution in [-0.2, 0) is 11.3 Å². The Bertz CT molecular complexity index is 1620. The number of rotatable bonds is 6. The molecule has 11 heteroatoms. The summed E-state index contributed by atoms with van der Waals surface area (Å²) in [7, 11) is 0. The monoisotopic (exact) mass is 518 g/mol. The molecule has 0 bridgehead atoms. The van der Waals surface area contributed by atoms with Gasteiger partial charge in [-0.05, 0) is 37.3 Å². The molecule has 186 valence electrons. The van der Waals surface area contributed by atoms with Crippen molar-refractivity contribution < 1.29 is 14.0 Å². The Morgan fingerprint density at radius 3 is 2.54 bits per heavy atom. The molecule has 0 fully saturated rings. The van der Waals surface area contributed by atoms with Crippen molar-refractivity contribution in [1.82, 2.24) is 9.55 Å². The summed E-state index contributed by atoms with van der Waals surface area (Å²) in [5.41, 5.74) is 0.836. The molecule has 2 heterocycles. The SMILES string of the molecule is CCn1c(=O)c(-c2cc(NC(=O)Nc3ccccc3)c(F)cc2Cl)cc2cnc(NC(=O)CC#N)cc21. The number of benzene rings is 2. The van der Waals surface area contributed by atoms with Gasteiger partial charge in [0.15, 0.2) is 0 Å². The minimum atomic E-state index is -0.770. The number of pyridine rings is 2. The second-order valence-electron chi connectivity index (χ2n) is 7.88. The molecule has 3 N–H and O–H groups in total. The third-order valence-corrected chi connectivity index (χ3v) is 5.74. The number of carbonyl (C=O) groups excluding carboxylic acids is 2. The van der Waals surface area contributed by atoms with E-state index in [1.807, 2.05) is 0 Å². The van der Waals surface area contributed by atoms with Gasteiger partial charge < -0.3 is 20.5 Å². The lowest BCUT2D eigenvalue weighted by Gasteiger charge is -2.15. The fourth-order valence-corrected chi connectivity index (χ4v) is 4.02. The number of urea groups is 1. The van der Waals surface area contributed by atoms with Gasteiger partial charge in [-0.25, -0.2) is 14.2 Å². The number of halogens is 2. The highest BCUT2D eigenvalue weighted by Crippen LogP contribution is 2.32. The zero-order valence-electron chi connectivity index (χ0n) is 19.5. The first-order valence-corrected chi connectivity index (χ1v) is 11.5. The quantitative estimate of drug-likeness (QED) is 0.316. The highest BCUT2D eigenvalue weighted by Gasteiger charge is 2.18. The van der Waals surface area contributed by atoms with E-state index in [-0.39, 0.29) is 40.6 Å². The minimum Gasteiger partial charge on any atom is -0.310 e. The van der Waals surface area contributed by atoms with Gasteiger partial charge in [-0.15, -0.1) is 0 Å². The van der Waals surface area contributed by atoms with Crippen molar-refractivity contribution in [3.63, 3.8) is 0 Å². The zero-order valence-corrected chi connectivity index (χ0v) is 20.3. The van der Waals surface area contributed by atoms with Crippen molar-refractivity contribution >= 4 is 51.6 Å². The molecule has 37 heavy (non-hydrogen) atoms. The topological polar surface area (TPSA) is 129 Å². The fraction of sp³-hybridized carbons (Fsp3) is 0.115. The lowest BCUT2D eigenvalue weighted by Crippen LogP contribution is -2.22. The third-order valence-electron chi connectivity index (χ3n) is 5.43. The maximum absolute atomic E-state index is 14.7. The standard InChI is InChI=1S/C26H20ClFN6O3/c1-2-34-22-13-23(33-24(35)8-9-29)30-14-15(22)10-18(25(34)36)17-11-21(20(28)12-19(17)27)32-26(37)31-16-6-4-3-5-7-16/h3-7,10-14H,2,8H2,1H3,(H,30,33,35)(H2,31,32,37). The highest BCUT2D eigenvalue weighted by atomic mass is 35.5. The first-order valence-electron chi connectivity index (χ1n) is 11.1. The van der Waals surface area contributed by atoms with Gasteiger partial charge in [0, 0.05) is 41.0 Å². The summed E-state index contributed by atoms with van der Waals surface area (Å²) in [6, 6.07) is 15.2. The number of fused-ring (bicyclic) bond motifs is 1. The molecule has 0 aliphatic heterocycles. The van der Waals surface area contributed by atoms with Crippen LogP contribution >= 0.6 is 11.6 Å². The lowest BCUT2D eigenvalue weighted by molar-refractivity contribution is -0.115. The summed E-state index contributed by atoms with van der Waals surface area (Å²) in [6.45, 7) is 2.05. The number of para-hydroxylation sites is 1.